The first-order chi connectivity index (χ1) is 14.2. The summed E-state index contributed by atoms with van der Waals surface area (Å²) in [6.45, 7) is 5.93. The van der Waals surface area contributed by atoms with Crippen LogP contribution in [0, 0.1) is 0 Å². The number of rotatable bonds is 7. The fourth-order valence-electron chi connectivity index (χ4n) is 3.10. The summed E-state index contributed by atoms with van der Waals surface area (Å²) in [6, 6.07) is 15.2. The van der Waals surface area contributed by atoms with Crippen molar-refractivity contribution in [1.29, 1.82) is 0 Å². The van der Waals surface area contributed by atoms with Crippen LogP contribution in [0.25, 0.3) is 0 Å². The molecule has 1 heterocycles. The third-order valence-electron chi connectivity index (χ3n) is 4.76. The van der Waals surface area contributed by atoms with Gasteiger partial charge in [-0.05, 0) is 68.1 Å². The largest absolute Gasteiger partial charge is 0.494 e. The Morgan fingerprint density at radius 1 is 1.14 bits per heavy atom. The summed E-state index contributed by atoms with van der Waals surface area (Å²) >= 11 is 0. The number of nitrogens with one attached hydrogen (secondary N) is 2. The Kier molecular flexibility index (Phi) is 7.64. The van der Waals surface area contributed by atoms with Gasteiger partial charge in [0.15, 0.2) is 0 Å². The molecule has 1 saturated heterocycles. The lowest BCUT2D eigenvalue weighted by Gasteiger charge is -2.14. The number of nitrogens with zero attached hydrogens (tertiary/aromatic N) is 1. The van der Waals surface area contributed by atoms with Crippen molar-refractivity contribution in [1.82, 2.24) is 5.32 Å². The fraction of sp³-hybridized carbons (Fsp3) is 0.391. The maximum Gasteiger partial charge on any atom is 0.257 e. The van der Waals surface area contributed by atoms with E-state index in [1.165, 1.54) is 5.56 Å². The normalized spacial score (nSPS) is 16.5. The summed E-state index contributed by atoms with van der Waals surface area (Å²) in [7, 11) is 0. The van der Waals surface area contributed by atoms with E-state index in [2.05, 4.69) is 34.7 Å². The smallest absolute Gasteiger partial charge is 0.257 e. The molecular weight excluding hydrogens is 366 g/mol. The minimum atomic E-state index is -0.225. The molecule has 0 saturated carbocycles. The predicted octanol–water partition coefficient (Wildman–Crippen LogP) is 4.02. The van der Waals surface area contributed by atoms with Crippen molar-refractivity contribution in [3.63, 3.8) is 0 Å². The van der Waals surface area contributed by atoms with Gasteiger partial charge in [-0.15, -0.1) is 0 Å². The lowest BCUT2D eigenvalue weighted by Crippen LogP contribution is -2.36. The van der Waals surface area contributed by atoms with Crippen molar-refractivity contribution in [2.45, 2.75) is 39.2 Å². The third-order valence-corrected chi connectivity index (χ3v) is 4.76. The van der Waals surface area contributed by atoms with E-state index >= 15 is 0 Å². The molecule has 0 spiro atoms. The average molecular weight is 396 g/mol. The number of amides is 1. The van der Waals surface area contributed by atoms with E-state index in [0.29, 0.717) is 24.7 Å². The molecule has 3 rings (SSSR count). The molecule has 6 heteroatoms. The van der Waals surface area contributed by atoms with Crippen LogP contribution in [0.1, 0.15) is 42.6 Å². The number of aliphatic imine (C=N–C) groups is 1. The van der Waals surface area contributed by atoms with Gasteiger partial charge in [0.1, 0.15) is 5.75 Å². The number of hydrogen-bond donors (Lipinski definition) is 2. The lowest BCUT2D eigenvalue weighted by atomic mass is 10.1. The Morgan fingerprint density at radius 3 is 2.52 bits per heavy atom. The fourth-order valence-corrected chi connectivity index (χ4v) is 3.10. The first-order valence-electron chi connectivity index (χ1n) is 10.2. The molecule has 1 aliphatic rings. The van der Waals surface area contributed by atoms with Gasteiger partial charge < -0.3 is 14.8 Å². The molecule has 1 aliphatic heterocycles. The number of benzene rings is 2. The summed E-state index contributed by atoms with van der Waals surface area (Å²) in [5.41, 5.74) is 2.67. The molecular formula is C23H29N3O3. The molecule has 6 nitrogen and oxygen atoms in total. The second kappa shape index (κ2) is 10.6. The van der Waals surface area contributed by atoms with Gasteiger partial charge in [0.2, 0.25) is 5.96 Å². The van der Waals surface area contributed by atoms with Gasteiger partial charge in [-0.25, -0.2) is 4.99 Å². The van der Waals surface area contributed by atoms with Crippen molar-refractivity contribution >= 4 is 17.6 Å². The van der Waals surface area contributed by atoms with Crippen LogP contribution < -0.4 is 15.4 Å². The van der Waals surface area contributed by atoms with E-state index in [9.17, 15) is 4.79 Å². The van der Waals surface area contributed by atoms with Gasteiger partial charge in [0.25, 0.3) is 5.91 Å². The van der Waals surface area contributed by atoms with Crippen LogP contribution in [0.5, 0.6) is 5.75 Å². The highest BCUT2D eigenvalue weighted by Crippen LogP contribution is 2.14. The topological polar surface area (TPSA) is 72.0 Å². The van der Waals surface area contributed by atoms with Gasteiger partial charge in [0, 0.05) is 17.9 Å². The standard InChI is InChI=1S/C23H29N3O3/c1-3-17-7-11-19(12-8-17)25-23(24-16-21-6-5-15-29-21)26-22(27)18-9-13-20(14-10-18)28-4-2/h7-14,21H,3-6,15-16H2,1-2H3,(H2,24,25,26,27). The molecule has 2 aromatic carbocycles. The molecule has 0 aromatic heterocycles. The number of anilines is 1. The lowest BCUT2D eigenvalue weighted by molar-refractivity contribution is 0.0975. The Bertz CT molecular complexity index is 810. The van der Waals surface area contributed by atoms with Gasteiger partial charge in [-0.3, -0.25) is 10.1 Å². The highest BCUT2D eigenvalue weighted by molar-refractivity contribution is 6.10. The van der Waals surface area contributed by atoms with E-state index < -0.39 is 0 Å². The van der Waals surface area contributed by atoms with E-state index in [0.717, 1.165) is 37.3 Å². The van der Waals surface area contributed by atoms with Gasteiger partial charge >= 0.3 is 0 Å². The number of aryl methyl sites for hydroxylation is 1. The highest BCUT2D eigenvalue weighted by Gasteiger charge is 2.16. The molecule has 0 radical (unpaired) electrons. The summed E-state index contributed by atoms with van der Waals surface area (Å²) in [5, 5.41) is 6.11. The van der Waals surface area contributed by atoms with E-state index in [1.54, 1.807) is 24.3 Å². The monoisotopic (exact) mass is 395 g/mol. The Hall–Kier alpha value is -2.86. The first kappa shape index (κ1) is 20.9. The van der Waals surface area contributed by atoms with Crippen molar-refractivity contribution in [3.8, 4) is 5.75 Å². The zero-order valence-corrected chi connectivity index (χ0v) is 17.1. The molecule has 1 unspecified atom stereocenters. The highest BCUT2D eigenvalue weighted by atomic mass is 16.5. The zero-order valence-electron chi connectivity index (χ0n) is 17.1. The minimum absolute atomic E-state index is 0.108. The van der Waals surface area contributed by atoms with Crippen LogP contribution in [-0.2, 0) is 11.2 Å². The SMILES string of the molecule is CCOc1ccc(C(=O)NC(=NCC2CCCO2)Nc2ccc(CC)cc2)cc1. The quantitative estimate of drug-likeness (QED) is 0.549. The number of hydrogen-bond acceptors (Lipinski definition) is 4. The molecule has 2 aromatic rings. The average Bonchev–Trinajstić information content (AvgIpc) is 3.27. The number of ether oxygens (including phenoxy) is 2. The van der Waals surface area contributed by atoms with Crippen molar-refractivity contribution < 1.29 is 14.3 Å². The molecule has 2 N–H and O–H groups in total. The van der Waals surface area contributed by atoms with Crippen LogP contribution in [0.3, 0.4) is 0 Å². The number of guanidine groups is 1. The second-order valence-electron chi connectivity index (χ2n) is 6.91. The maximum absolute atomic E-state index is 12.7. The summed E-state index contributed by atoms with van der Waals surface area (Å²) in [6.07, 6.45) is 3.14. The van der Waals surface area contributed by atoms with Crippen LogP contribution >= 0.6 is 0 Å². The van der Waals surface area contributed by atoms with Gasteiger partial charge in [-0.2, -0.15) is 0 Å². The van der Waals surface area contributed by atoms with Gasteiger partial charge in [-0.1, -0.05) is 19.1 Å². The van der Waals surface area contributed by atoms with Crippen LogP contribution in [-0.4, -0.2) is 37.7 Å². The van der Waals surface area contributed by atoms with Crippen molar-refractivity contribution in [2.24, 2.45) is 4.99 Å². The Morgan fingerprint density at radius 2 is 1.90 bits per heavy atom. The maximum atomic E-state index is 12.7. The molecule has 1 amide bonds. The molecule has 154 valence electrons. The Labute approximate surface area is 172 Å². The zero-order chi connectivity index (χ0) is 20.5. The molecule has 0 aliphatic carbocycles. The van der Waals surface area contributed by atoms with E-state index in [1.807, 2.05) is 19.1 Å². The minimum Gasteiger partial charge on any atom is -0.494 e. The van der Waals surface area contributed by atoms with Crippen molar-refractivity contribution in [3.05, 3.63) is 59.7 Å². The van der Waals surface area contributed by atoms with Gasteiger partial charge in [0.05, 0.1) is 19.3 Å². The molecule has 1 atom stereocenters. The van der Waals surface area contributed by atoms with E-state index in [4.69, 9.17) is 9.47 Å². The summed E-state index contributed by atoms with van der Waals surface area (Å²) in [4.78, 5) is 17.3. The van der Waals surface area contributed by atoms with E-state index in [-0.39, 0.29) is 12.0 Å². The predicted molar refractivity (Wildman–Crippen MR) is 116 cm³/mol. The van der Waals surface area contributed by atoms with Crippen LogP contribution in [0.2, 0.25) is 0 Å². The molecule has 1 fully saturated rings. The molecule has 0 bridgehead atoms. The second-order valence-corrected chi connectivity index (χ2v) is 6.91. The van der Waals surface area contributed by atoms with Crippen LogP contribution in [0.15, 0.2) is 53.5 Å². The molecule has 29 heavy (non-hydrogen) atoms. The number of carbonyl (C=O) groups excluding carboxylic acids is 1. The van der Waals surface area contributed by atoms with Crippen LogP contribution in [0.4, 0.5) is 5.69 Å². The summed E-state index contributed by atoms with van der Waals surface area (Å²) in [5.74, 6) is 0.936. The third kappa shape index (κ3) is 6.32. The summed E-state index contributed by atoms with van der Waals surface area (Å²) < 4.78 is 11.1. The number of carbonyl (C=O) groups is 1. The first-order valence-corrected chi connectivity index (χ1v) is 10.2. The van der Waals surface area contributed by atoms with Crippen molar-refractivity contribution in [2.75, 3.05) is 25.1 Å². The Balaban J connectivity index is 1.70.